The van der Waals surface area contributed by atoms with Gasteiger partial charge in [0.2, 0.25) is 0 Å². The summed E-state index contributed by atoms with van der Waals surface area (Å²) in [7, 11) is 4.78. The number of carbonyl (C=O) groups excluding carboxylic acids is 2. The van der Waals surface area contributed by atoms with E-state index < -0.39 is 11.9 Å². The Morgan fingerprint density at radius 1 is 1.00 bits per heavy atom. The first-order valence-electron chi connectivity index (χ1n) is 13.3. The summed E-state index contributed by atoms with van der Waals surface area (Å²) < 4.78 is 28.0. The van der Waals surface area contributed by atoms with Crippen LogP contribution in [0.1, 0.15) is 55.6 Å². The number of rotatable bonds is 8. The van der Waals surface area contributed by atoms with Gasteiger partial charge in [0.05, 0.1) is 33.0 Å². The third-order valence-corrected chi connectivity index (χ3v) is 7.79. The van der Waals surface area contributed by atoms with Crippen molar-refractivity contribution >= 4 is 11.8 Å². The van der Waals surface area contributed by atoms with Crippen LogP contribution in [0, 0.1) is 0 Å². The number of ketones is 1. The number of dihydropyridines is 1. The van der Waals surface area contributed by atoms with Gasteiger partial charge in [0, 0.05) is 41.8 Å². The largest absolute Gasteiger partial charge is 0.496 e. The molecule has 1 fully saturated rings. The van der Waals surface area contributed by atoms with Crippen molar-refractivity contribution in [2.24, 2.45) is 0 Å². The van der Waals surface area contributed by atoms with Crippen LogP contribution in [0.25, 0.3) is 0 Å². The number of methoxy groups -OCH3 is 3. The molecule has 0 saturated carbocycles. The molecule has 0 amide bonds. The topological polar surface area (TPSA) is 92.3 Å². The minimum absolute atomic E-state index is 0.0173. The monoisotopic (exact) mass is 533 g/mol. The molecule has 5 rings (SSSR count). The molecule has 0 bridgehead atoms. The lowest BCUT2D eigenvalue weighted by Gasteiger charge is -2.37. The fourth-order valence-corrected chi connectivity index (χ4v) is 5.92. The molecule has 1 saturated heterocycles. The fraction of sp³-hybridized carbons (Fsp3) is 0.419. The summed E-state index contributed by atoms with van der Waals surface area (Å²) >= 11 is 0. The molecule has 2 aromatic rings. The van der Waals surface area contributed by atoms with Gasteiger partial charge in [-0.05, 0) is 55.5 Å². The second kappa shape index (κ2) is 11.5. The molecule has 3 unspecified atom stereocenters. The Morgan fingerprint density at radius 2 is 1.77 bits per heavy atom. The van der Waals surface area contributed by atoms with Crippen LogP contribution in [0.3, 0.4) is 0 Å². The number of hydrogen-bond donors (Lipinski definition) is 1. The van der Waals surface area contributed by atoms with Gasteiger partial charge in [0.15, 0.2) is 17.3 Å². The first-order valence-corrected chi connectivity index (χ1v) is 13.3. The van der Waals surface area contributed by atoms with Gasteiger partial charge >= 0.3 is 5.97 Å². The van der Waals surface area contributed by atoms with Crippen molar-refractivity contribution in [2.75, 3.05) is 34.5 Å². The molecule has 8 nitrogen and oxygen atoms in total. The molecule has 2 aliphatic heterocycles. The van der Waals surface area contributed by atoms with E-state index in [4.69, 9.17) is 23.7 Å². The van der Waals surface area contributed by atoms with E-state index in [-0.39, 0.29) is 24.4 Å². The van der Waals surface area contributed by atoms with Crippen molar-refractivity contribution < 1.29 is 33.3 Å². The number of carbonyl (C=O) groups is 2. The third kappa shape index (κ3) is 5.26. The Hall–Kier alpha value is -3.78. The highest BCUT2D eigenvalue weighted by atomic mass is 16.6. The number of benzene rings is 2. The van der Waals surface area contributed by atoms with Crippen LogP contribution in [-0.4, -0.2) is 52.4 Å². The predicted molar refractivity (Wildman–Crippen MR) is 145 cm³/mol. The van der Waals surface area contributed by atoms with Crippen LogP contribution in [0.2, 0.25) is 0 Å². The number of hydrogen-bond acceptors (Lipinski definition) is 8. The van der Waals surface area contributed by atoms with E-state index in [1.54, 1.807) is 27.4 Å². The van der Waals surface area contributed by atoms with E-state index in [0.29, 0.717) is 47.8 Å². The number of esters is 1. The van der Waals surface area contributed by atoms with Gasteiger partial charge in [0.1, 0.15) is 12.4 Å². The quantitative estimate of drug-likeness (QED) is 0.484. The van der Waals surface area contributed by atoms with E-state index in [2.05, 4.69) is 5.32 Å². The van der Waals surface area contributed by atoms with Gasteiger partial charge in [-0.3, -0.25) is 4.79 Å². The van der Waals surface area contributed by atoms with Gasteiger partial charge < -0.3 is 29.0 Å². The highest BCUT2D eigenvalue weighted by Gasteiger charge is 2.42. The Morgan fingerprint density at radius 3 is 2.49 bits per heavy atom. The van der Waals surface area contributed by atoms with Crippen LogP contribution in [0.4, 0.5) is 0 Å². The molecule has 3 atom stereocenters. The van der Waals surface area contributed by atoms with E-state index >= 15 is 0 Å². The third-order valence-electron chi connectivity index (χ3n) is 7.79. The molecule has 2 aromatic carbocycles. The molecule has 8 heteroatoms. The van der Waals surface area contributed by atoms with Crippen molar-refractivity contribution in [3.63, 3.8) is 0 Å². The van der Waals surface area contributed by atoms with Crippen LogP contribution < -0.4 is 19.5 Å². The standard InChI is InChI=1S/C31H35NO7/c1-18-28(31(34)39-17-21-8-7-13-38-21)29(19-11-12-26(36-3)27(16-19)37-4)30-23(32-18)14-20(15-24(30)33)22-9-5-6-10-25(22)35-2/h5-6,9-12,16,20-21,29,32H,7-8,13-15,17H2,1-4H3. The maximum Gasteiger partial charge on any atom is 0.336 e. The average molecular weight is 534 g/mol. The molecule has 0 spiro atoms. The summed E-state index contributed by atoms with van der Waals surface area (Å²) in [6, 6.07) is 13.3. The lowest BCUT2D eigenvalue weighted by molar-refractivity contribution is -0.142. The van der Waals surface area contributed by atoms with Crippen molar-refractivity contribution in [3.8, 4) is 17.2 Å². The van der Waals surface area contributed by atoms with Crippen molar-refractivity contribution in [3.05, 3.63) is 76.1 Å². The highest BCUT2D eigenvalue weighted by molar-refractivity contribution is 6.04. The lowest BCUT2D eigenvalue weighted by atomic mass is 9.71. The number of Topliss-reactive ketones (excluding diaryl/α,β-unsaturated/α-hetero) is 1. The van der Waals surface area contributed by atoms with Crippen molar-refractivity contribution in [2.45, 2.75) is 50.5 Å². The summed E-state index contributed by atoms with van der Waals surface area (Å²) in [5, 5.41) is 3.41. The SMILES string of the molecule is COc1ccc(C2C(C(=O)OCC3CCCO3)=C(C)NC3=C2C(=O)CC(c2ccccc2OC)C3)cc1OC. The van der Waals surface area contributed by atoms with E-state index in [1.165, 1.54) is 0 Å². The fourth-order valence-electron chi connectivity index (χ4n) is 5.92. The molecular formula is C31H35NO7. The number of para-hydroxylation sites is 1. The minimum Gasteiger partial charge on any atom is -0.496 e. The van der Waals surface area contributed by atoms with E-state index in [9.17, 15) is 9.59 Å². The molecule has 1 aliphatic carbocycles. The van der Waals surface area contributed by atoms with Gasteiger partial charge in [0.25, 0.3) is 0 Å². The molecule has 39 heavy (non-hydrogen) atoms. The Balaban J connectivity index is 1.55. The number of ether oxygens (including phenoxy) is 5. The first-order chi connectivity index (χ1) is 18.9. The van der Waals surface area contributed by atoms with E-state index in [1.807, 2.05) is 43.3 Å². The average Bonchev–Trinajstić information content (AvgIpc) is 3.48. The highest BCUT2D eigenvalue weighted by Crippen LogP contribution is 2.48. The maximum absolute atomic E-state index is 13.9. The normalized spacial score (nSPS) is 22.8. The molecular weight excluding hydrogens is 498 g/mol. The number of allylic oxidation sites excluding steroid dienone is 3. The lowest BCUT2D eigenvalue weighted by Crippen LogP contribution is -2.36. The smallest absolute Gasteiger partial charge is 0.336 e. The molecule has 0 radical (unpaired) electrons. The summed E-state index contributed by atoms with van der Waals surface area (Å²) in [4.78, 5) is 27.5. The Bertz CT molecular complexity index is 1320. The van der Waals surface area contributed by atoms with Gasteiger partial charge in [-0.25, -0.2) is 4.79 Å². The zero-order chi connectivity index (χ0) is 27.5. The molecule has 1 N–H and O–H groups in total. The zero-order valence-corrected chi connectivity index (χ0v) is 22.9. The van der Waals surface area contributed by atoms with Crippen LogP contribution in [0.5, 0.6) is 17.2 Å². The molecule has 0 aromatic heterocycles. The Kier molecular flexibility index (Phi) is 7.93. The maximum atomic E-state index is 13.9. The van der Waals surface area contributed by atoms with Crippen molar-refractivity contribution in [1.82, 2.24) is 5.32 Å². The first kappa shape index (κ1) is 26.8. The van der Waals surface area contributed by atoms with Crippen LogP contribution in [-0.2, 0) is 19.1 Å². The second-order valence-electron chi connectivity index (χ2n) is 10.1. The predicted octanol–water partition coefficient (Wildman–Crippen LogP) is 4.80. The van der Waals surface area contributed by atoms with Gasteiger partial charge in [-0.15, -0.1) is 0 Å². The minimum atomic E-state index is -0.607. The summed E-state index contributed by atoms with van der Waals surface area (Å²) in [5.41, 5.74) is 4.24. The molecule has 206 valence electrons. The van der Waals surface area contributed by atoms with Gasteiger partial charge in [-0.1, -0.05) is 24.3 Å². The number of nitrogens with one attached hydrogen (secondary N) is 1. The van der Waals surface area contributed by atoms with Gasteiger partial charge in [-0.2, -0.15) is 0 Å². The zero-order valence-electron chi connectivity index (χ0n) is 22.9. The Labute approximate surface area is 228 Å². The van der Waals surface area contributed by atoms with Crippen molar-refractivity contribution in [1.29, 1.82) is 0 Å². The molecule has 3 aliphatic rings. The van der Waals surface area contributed by atoms with E-state index in [0.717, 1.165) is 35.4 Å². The van der Waals surface area contributed by atoms with Crippen LogP contribution in [0.15, 0.2) is 65.0 Å². The van der Waals surface area contributed by atoms with Crippen LogP contribution >= 0.6 is 0 Å². The molecule has 2 heterocycles. The summed E-state index contributed by atoms with van der Waals surface area (Å²) in [5.74, 6) is 0.723. The summed E-state index contributed by atoms with van der Waals surface area (Å²) in [6.07, 6.45) is 2.64. The second-order valence-corrected chi connectivity index (χ2v) is 10.1. The summed E-state index contributed by atoms with van der Waals surface area (Å²) in [6.45, 7) is 2.72.